The average Bonchev–Trinajstić information content (AvgIpc) is 3.23. The molecule has 2 heterocycles. The molecule has 0 unspecified atom stereocenters. The Morgan fingerprint density at radius 3 is 2.79 bits per heavy atom. The molecule has 0 spiro atoms. The summed E-state index contributed by atoms with van der Waals surface area (Å²) in [5.74, 6) is 0.286. The first-order valence-corrected chi connectivity index (χ1v) is 8.33. The van der Waals surface area contributed by atoms with Crippen molar-refractivity contribution >= 4 is 23.7 Å². The monoisotopic (exact) mass is 344 g/mol. The molecular formula is C15H16N6O2S. The van der Waals surface area contributed by atoms with Crippen LogP contribution in [-0.2, 0) is 4.79 Å². The van der Waals surface area contributed by atoms with Crippen LogP contribution in [0.2, 0.25) is 0 Å². The molecule has 0 atom stereocenters. The van der Waals surface area contributed by atoms with Gasteiger partial charge in [-0.15, -0.1) is 15.3 Å². The van der Waals surface area contributed by atoms with E-state index in [0.29, 0.717) is 11.0 Å². The summed E-state index contributed by atoms with van der Waals surface area (Å²) in [6.45, 7) is 4.05. The van der Waals surface area contributed by atoms with Gasteiger partial charge in [-0.2, -0.15) is 0 Å². The number of aromatic nitrogens is 5. The van der Waals surface area contributed by atoms with Crippen LogP contribution in [-0.4, -0.2) is 36.6 Å². The van der Waals surface area contributed by atoms with Gasteiger partial charge in [0.2, 0.25) is 11.8 Å². The van der Waals surface area contributed by atoms with Crippen LogP contribution in [0.3, 0.4) is 0 Å². The van der Waals surface area contributed by atoms with Crippen LogP contribution >= 0.6 is 11.8 Å². The molecule has 9 heteroatoms. The van der Waals surface area contributed by atoms with E-state index in [-0.39, 0.29) is 23.7 Å². The van der Waals surface area contributed by atoms with Crippen LogP contribution in [0.1, 0.15) is 19.9 Å². The largest absolute Gasteiger partial charge is 0.403 e. The van der Waals surface area contributed by atoms with E-state index in [9.17, 15) is 4.79 Å². The van der Waals surface area contributed by atoms with Crippen molar-refractivity contribution in [1.82, 2.24) is 25.0 Å². The van der Waals surface area contributed by atoms with Crippen LogP contribution in [0.4, 0.5) is 6.01 Å². The number of anilines is 1. The first-order valence-electron chi connectivity index (χ1n) is 7.34. The molecule has 0 saturated heterocycles. The predicted octanol–water partition coefficient (Wildman–Crippen LogP) is 2.64. The van der Waals surface area contributed by atoms with Crippen molar-refractivity contribution in [1.29, 1.82) is 0 Å². The summed E-state index contributed by atoms with van der Waals surface area (Å²) in [6, 6.07) is 9.66. The number of amides is 1. The molecule has 1 N–H and O–H groups in total. The highest BCUT2D eigenvalue weighted by Gasteiger charge is 2.14. The Morgan fingerprint density at radius 2 is 2.04 bits per heavy atom. The number of carbonyl (C=O) groups is 1. The lowest BCUT2D eigenvalue weighted by Crippen LogP contribution is -2.15. The molecule has 24 heavy (non-hydrogen) atoms. The first kappa shape index (κ1) is 16.2. The maximum Gasteiger partial charge on any atom is 0.322 e. The van der Waals surface area contributed by atoms with Crippen LogP contribution in [0, 0.1) is 0 Å². The average molecular weight is 344 g/mol. The number of nitrogens with one attached hydrogen (secondary N) is 1. The van der Waals surface area contributed by atoms with Crippen molar-refractivity contribution in [2.24, 2.45) is 0 Å². The summed E-state index contributed by atoms with van der Waals surface area (Å²) in [5.41, 5.74) is 0.796. The van der Waals surface area contributed by atoms with Gasteiger partial charge in [0.15, 0.2) is 5.16 Å². The normalized spacial score (nSPS) is 11.0. The third-order valence-electron chi connectivity index (χ3n) is 3.12. The maximum atomic E-state index is 12.0. The standard InChI is InChI=1S/C15H16N6O2S/c1-10(2)21-9-16-20-15(21)24-8-12(22)17-14-19-18-13(23-14)11-6-4-3-5-7-11/h3-7,9-10H,8H2,1-2H3,(H,17,19,22). The van der Waals surface area contributed by atoms with Gasteiger partial charge in [0.05, 0.1) is 5.75 Å². The van der Waals surface area contributed by atoms with Gasteiger partial charge in [-0.3, -0.25) is 10.1 Å². The Hall–Kier alpha value is -2.68. The molecule has 0 bridgehead atoms. The molecule has 1 aromatic carbocycles. The highest BCUT2D eigenvalue weighted by molar-refractivity contribution is 7.99. The zero-order chi connectivity index (χ0) is 16.9. The maximum absolute atomic E-state index is 12.0. The Kier molecular flexibility index (Phi) is 4.90. The van der Waals surface area contributed by atoms with Gasteiger partial charge in [0.25, 0.3) is 0 Å². The van der Waals surface area contributed by atoms with Crippen molar-refractivity contribution in [3.8, 4) is 11.5 Å². The first-order chi connectivity index (χ1) is 11.6. The molecule has 3 aromatic rings. The molecule has 8 nitrogen and oxygen atoms in total. The van der Waals surface area contributed by atoms with E-state index in [1.54, 1.807) is 6.33 Å². The lowest BCUT2D eigenvalue weighted by molar-refractivity contribution is -0.113. The van der Waals surface area contributed by atoms with Gasteiger partial charge in [-0.05, 0) is 26.0 Å². The second-order valence-electron chi connectivity index (χ2n) is 5.23. The number of carbonyl (C=O) groups excluding carboxylic acids is 1. The van der Waals surface area contributed by atoms with Crippen molar-refractivity contribution in [2.75, 3.05) is 11.1 Å². The molecular weight excluding hydrogens is 328 g/mol. The number of thioether (sulfide) groups is 1. The molecule has 0 fully saturated rings. The molecule has 3 rings (SSSR count). The van der Waals surface area contributed by atoms with E-state index >= 15 is 0 Å². The number of hydrogen-bond donors (Lipinski definition) is 1. The number of benzene rings is 1. The van der Waals surface area contributed by atoms with Gasteiger partial charge < -0.3 is 8.98 Å². The molecule has 0 aliphatic carbocycles. The smallest absolute Gasteiger partial charge is 0.322 e. The zero-order valence-corrected chi connectivity index (χ0v) is 14.0. The molecule has 0 aliphatic rings. The third-order valence-corrected chi connectivity index (χ3v) is 4.08. The van der Waals surface area contributed by atoms with E-state index in [1.165, 1.54) is 11.8 Å². The SMILES string of the molecule is CC(C)n1cnnc1SCC(=O)Nc1nnc(-c2ccccc2)o1. The number of rotatable bonds is 6. The van der Waals surface area contributed by atoms with Crippen LogP contribution in [0.5, 0.6) is 0 Å². The zero-order valence-electron chi connectivity index (χ0n) is 13.2. The lowest BCUT2D eigenvalue weighted by atomic mass is 10.2. The van der Waals surface area contributed by atoms with Gasteiger partial charge in [0, 0.05) is 11.6 Å². The van der Waals surface area contributed by atoms with Gasteiger partial charge in [-0.1, -0.05) is 35.1 Å². The quantitative estimate of drug-likeness (QED) is 0.686. The van der Waals surface area contributed by atoms with E-state index in [1.807, 2.05) is 48.7 Å². The Bertz CT molecular complexity index is 814. The molecule has 0 radical (unpaired) electrons. The molecule has 2 aromatic heterocycles. The predicted molar refractivity (Wildman–Crippen MR) is 89.5 cm³/mol. The van der Waals surface area contributed by atoms with Crippen LogP contribution in [0.15, 0.2) is 46.2 Å². The summed E-state index contributed by atoms with van der Waals surface area (Å²) in [6.07, 6.45) is 1.65. The summed E-state index contributed by atoms with van der Waals surface area (Å²) >= 11 is 1.30. The van der Waals surface area contributed by atoms with Gasteiger partial charge >= 0.3 is 6.01 Å². The lowest BCUT2D eigenvalue weighted by Gasteiger charge is -2.08. The second-order valence-corrected chi connectivity index (χ2v) is 6.17. The molecule has 124 valence electrons. The van der Waals surface area contributed by atoms with Crippen LogP contribution in [0.25, 0.3) is 11.5 Å². The number of hydrogen-bond acceptors (Lipinski definition) is 7. The second kappa shape index (κ2) is 7.26. The Morgan fingerprint density at radius 1 is 1.25 bits per heavy atom. The fourth-order valence-electron chi connectivity index (χ4n) is 1.95. The fraction of sp³-hybridized carbons (Fsp3) is 0.267. The minimum absolute atomic E-state index is 0.0739. The molecule has 0 saturated carbocycles. The summed E-state index contributed by atoms with van der Waals surface area (Å²) < 4.78 is 7.34. The van der Waals surface area contributed by atoms with Crippen molar-refractivity contribution in [3.63, 3.8) is 0 Å². The topological polar surface area (TPSA) is 98.7 Å². The Balaban J connectivity index is 1.58. The molecule has 0 aliphatic heterocycles. The van der Waals surface area contributed by atoms with E-state index in [4.69, 9.17) is 4.42 Å². The molecule has 1 amide bonds. The van der Waals surface area contributed by atoms with E-state index in [0.717, 1.165) is 5.56 Å². The third kappa shape index (κ3) is 3.80. The van der Waals surface area contributed by atoms with Gasteiger partial charge in [-0.25, -0.2) is 0 Å². The van der Waals surface area contributed by atoms with Crippen LogP contribution < -0.4 is 5.32 Å². The van der Waals surface area contributed by atoms with Crippen molar-refractivity contribution in [2.45, 2.75) is 25.0 Å². The fourth-order valence-corrected chi connectivity index (χ4v) is 2.79. The minimum atomic E-state index is -0.249. The van der Waals surface area contributed by atoms with E-state index < -0.39 is 0 Å². The highest BCUT2D eigenvalue weighted by Crippen LogP contribution is 2.21. The van der Waals surface area contributed by atoms with Gasteiger partial charge in [0.1, 0.15) is 6.33 Å². The van der Waals surface area contributed by atoms with Crippen molar-refractivity contribution < 1.29 is 9.21 Å². The highest BCUT2D eigenvalue weighted by atomic mass is 32.2. The summed E-state index contributed by atoms with van der Waals surface area (Å²) in [5, 5.41) is 18.9. The van der Waals surface area contributed by atoms with Crippen molar-refractivity contribution in [3.05, 3.63) is 36.7 Å². The van der Waals surface area contributed by atoms with E-state index in [2.05, 4.69) is 25.7 Å². The number of nitrogens with zero attached hydrogens (tertiary/aromatic N) is 5. The summed E-state index contributed by atoms with van der Waals surface area (Å²) in [4.78, 5) is 12.0. The summed E-state index contributed by atoms with van der Waals surface area (Å²) in [7, 11) is 0. The minimum Gasteiger partial charge on any atom is -0.403 e. The Labute approximate surface area is 142 Å².